The number of aryl methyl sites for hydroxylation is 1. The standard InChI is InChI=1S/C11H18N4O3.ClH/c1-7(11(17)18-4)14-10(16)9(12-2)8-5-13-15(3)6-8;/h5-7,9,12H,1-4H3,(H,14,16);1H. The number of ether oxygens (including phenoxy) is 1. The minimum absolute atomic E-state index is 0. The van der Waals surface area contributed by atoms with E-state index in [4.69, 9.17) is 0 Å². The average Bonchev–Trinajstić information content (AvgIpc) is 2.75. The molecule has 0 aliphatic heterocycles. The van der Waals surface area contributed by atoms with Crippen LogP contribution >= 0.6 is 12.4 Å². The van der Waals surface area contributed by atoms with Gasteiger partial charge in [-0.15, -0.1) is 12.4 Å². The zero-order chi connectivity index (χ0) is 13.7. The molecule has 8 heteroatoms. The largest absolute Gasteiger partial charge is 0.467 e. The number of amides is 1. The van der Waals surface area contributed by atoms with Crippen molar-refractivity contribution >= 4 is 24.3 Å². The Kier molecular flexibility index (Phi) is 7.10. The molecule has 1 heterocycles. The molecule has 1 rings (SSSR count). The van der Waals surface area contributed by atoms with E-state index in [0.29, 0.717) is 0 Å². The summed E-state index contributed by atoms with van der Waals surface area (Å²) in [5.41, 5.74) is 0.731. The van der Waals surface area contributed by atoms with Gasteiger partial charge >= 0.3 is 5.97 Å². The van der Waals surface area contributed by atoms with E-state index < -0.39 is 18.1 Å². The Hall–Kier alpha value is -1.60. The van der Waals surface area contributed by atoms with Gasteiger partial charge in [-0.25, -0.2) is 4.79 Å². The first-order chi connectivity index (χ1) is 8.49. The lowest BCUT2D eigenvalue weighted by Gasteiger charge is -2.17. The van der Waals surface area contributed by atoms with Crippen LogP contribution in [0.3, 0.4) is 0 Å². The number of hydrogen-bond donors (Lipinski definition) is 2. The van der Waals surface area contributed by atoms with Gasteiger partial charge in [0.2, 0.25) is 5.91 Å². The van der Waals surface area contributed by atoms with E-state index in [-0.39, 0.29) is 18.3 Å². The van der Waals surface area contributed by atoms with E-state index in [1.807, 2.05) is 0 Å². The Morgan fingerprint density at radius 3 is 2.53 bits per heavy atom. The summed E-state index contributed by atoms with van der Waals surface area (Å²) in [7, 11) is 4.72. The highest BCUT2D eigenvalue weighted by molar-refractivity contribution is 5.88. The number of hydrogen-bond acceptors (Lipinski definition) is 5. The zero-order valence-corrected chi connectivity index (χ0v) is 12.2. The summed E-state index contributed by atoms with van der Waals surface area (Å²) in [6.45, 7) is 1.57. The Labute approximate surface area is 118 Å². The molecule has 0 aliphatic carbocycles. The van der Waals surface area contributed by atoms with Crippen LogP contribution in [0.1, 0.15) is 18.5 Å². The first-order valence-corrected chi connectivity index (χ1v) is 5.53. The Morgan fingerprint density at radius 1 is 1.47 bits per heavy atom. The molecule has 19 heavy (non-hydrogen) atoms. The van der Waals surface area contributed by atoms with Crippen molar-refractivity contribution in [3.05, 3.63) is 18.0 Å². The molecule has 0 saturated carbocycles. The van der Waals surface area contributed by atoms with E-state index in [1.165, 1.54) is 7.11 Å². The van der Waals surface area contributed by atoms with Crippen LogP contribution in [0.25, 0.3) is 0 Å². The van der Waals surface area contributed by atoms with Crippen LogP contribution in [-0.4, -0.2) is 41.9 Å². The highest BCUT2D eigenvalue weighted by atomic mass is 35.5. The maximum atomic E-state index is 12.0. The zero-order valence-electron chi connectivity index (χ0n) is 11.3. The summed E-state index contributed by atoms with van der Waals surface area (Å²) < 4.78 is 6.15. The number of methoxy groups -OCH3 is 1. The number of carbonyl (C=O) groups excluding carboxylic acids is 2. The summed E-state index contributed by atoms with van der Waals surface area (Å²) >= 11 is 0. The fourth-order valence-electron chi connectivity index (χ4n) is 1.57. The third-order valence-corrected chi connectivity index (χ3v) is 2.52. The summed E-state index contributed by atoms with van der Waals surface area (Å²) in [5, 5.41) is 9.46. The van der Waals surface area contributed by atoms with Crippen LogP contribution in [0.4, 0.5) is 0 Å². The second-order valence-electron chi connectivity index (χ2n) is 3.92. The summed E-state index contributed by atoms with van der Waals surface area (Å²) in [6.07, 6.45) is 3.34. The molecule has 7 nitrogen and oxygen atoms in total. The lowest BCUT2D eigenvalue weighted by atomic mass is 10.1. The minimum Gasteiger partial charge on any atom is -0.467 e. The monoisotopic (exact) mass is 290 g/mol. The molecular formula is C11H19ClN4O3. The van der Waals surface area contributed by atoms with Crippen molar-refractivity contribution in [3.63, 3.8) is 0 Å². The van der Waals surface area contributed by atoms with Gasteiger partial charge in [0.05, 0.1) is 13.3 Å². The third-order valence-electron chi connectivity index (χ3n) is 2.52. The molecule has 2 atom stereocenters. The van der Waals surface area contributed by atoms with Crippen LogP contribution in [0.15, 0.2) is 12.4 Å². The molecule has 0 bridgehead atoms. The molecule has 1 aromatic rings. The predicted octanol–water partition coefficient (Wildman–Crippen LogP) is -0.220. The molecule has 1 aromatic heterocycles. The summed E-state index contributed by atoms with van der Waals surface area (Å²) in [4.78, 5) is 23.2. The van der Waals surface area contributed by atoms with Crippen molar-refractivity contribution in [3.8, 4) is 0 Å². The van der Waals surface area contributed by atoms with Crippen molar-refractivity contribution in [2.24, 2.45) is 7.05 Å². The number of carbonyl (C=O) groups is 2. The van der Waals surface area contributed by atoms with Gasteiger partial charge in [-0.05, 0) is 14.0 Å². The van der Waals surface area contributed by atoms with Crippen molar-refractivity contribution in [2.45, 2.75) is 19.0 Å². The number of esters is 1. The van der Waals surface area contributed by atoms with Gasteiger partial charge in [-0.1, -0.05) is 0 Å². The van der Waals surface area contributed by atoms with Gasteiger partial charge in [0.1, 0.15) is 12.1 Å². The van der Waals surface area contributed by atoms with Crippen LogP contribution in [-0.2, 0) is 21.4 Å². The average molecular weight is 291 g/mol. The van der Waals surface area contributed by atoms with Crippen LogP contribution < -0.4 is 10.6 Å². The second-order valence-corrected chi connectivity index (χ2v) is 3.92. The molecule has 0 aliphatic rings. The number of nitrogens with one attached hydrogen (secondary N) is 2. The lowest BCUT2D eigenvalue weighted by Crippen LogP contribution is -2.44. The smallest absolute Gasteiger partial charge is 0.328 e. The Morgan fingerprint density at radius 2 is 2.11 bits per heavy atom. The second kappa shape index (κ2) is 7.75. The summed E-state index contributed by atoms with van der Waals surface area (Å²) in [5.74, 6) is -0.784. The van der Waals surface area contributed by atoms with E-state index in [0.717, 1.165) is 5.56 Å². The topological polar surface area (TPSA) is 85.2 Å². The maximum absolute atomic E-state index is 12.0. The number of halogens is 1. The fourth-order valence-corrected chi connectivity index (χ4v) is 1.57. The molecule has 2 N–H and O–H groups in total. The molecule has 2 unspecified atom stereocenters. The van der Waals surface area contributed by atoms with E-state index in [9.17, 15) is 9.59 Å². The fraction of sp³-hybridized carbons (Fsp3) is 0.545. The van der Waals surface area contributed by atoms with Gasteiger partial charge in [-0.2, -0.15) is 5.10 Å². The first-order valence-electron chi connectivity index (χ1n) is 5.53. The van der Waals surface area contributed by atoms with Crippen LogP contribution in [0.5, 0.6) is 0 Å². The molecule has 0 spiro atoms. The number of nitrogens with zero attached hydrogens (tertiary/aromatic N) is 2. The molecule has 108 valence electrons. The van der Waals surface area contributed by atoms with Gasteiger partial charge in [0.15, 0.2) is 0 Å². The quantitative estimate of drug-likeness (QED) is 0.733. The molecule has 0 radical (unpaired) electrons. The molecule has 0 saturated heterocycles. The van der Waals surface area contributed by atoms with Gasteiger partial charge < -0.3 is 15.4 Å². The van der Waals surface area contributed by atoms with Crippen LogP contribution in [0.2, 0.25) is 0 Å². The SMILES string of the molecule is CNC(C(=O)NC(C)C(=O)OC)c1cnn(C)c1.Cl. The van der Waals surface area contributed by atoms with E-state index in [1.54, 1.807) is 38.1 Å². The van der Waals surface area contributed by atoms with Gasteiger partial charge in [0.25, 0.3) is 0 Å². The van der Waals surface area contributed by atoms with E-state index in [2.05, 4.69) is 20.5 Å². The molecular weight excluding hydrogens is 272 g/mol. The normalized spacial score (nSPS) is 13.1. The highest BCUT2D eigenvalue weighted by Gasteiger charge is 2.24. The minimum atomic E-state index is -0.685. The molecule has 1 amide bonds. The Bertz CT molecular complexity index is 435. The van der Waals surface area contributed by atoms with E-state index >= 15 is 0 Å². The molecule has 0 aromatic carbocycles. The Balaban J connectivity index is 0.00000324. The molecule has 0 fully saturated rings. The van der Waals surface area contributed by atoms with Crippen LogP contribution in [0, 0.1) is 0 Å². The van der Waals surface area contributed by atoms with Crippen molar-refractivity contribution < 1.29 is 14.3 Å². The van der Waals surface area contributed by atoms with Crippen molar-refractivity contribution in [1.29, 1.82) is 0 Å². The lowest BCUT2D eigenvalue weighted by molar-refractivity contribution is -0.144. The third kappa shape index (κ3) is 4.53. The number of aromatic nitrogens is 2. The first kappa shape index (κ1) is 17.4. The highest BCUT2D eigenvalue weighted by Crippen LogP contribution is 2.11. The summed E-state index contributed by atoms with van der Waals surface area (Å²) in [6, 6.07) is -1.24. The van der Waals surface area contributed by atoms with Crippen molar-refractivity contribution in [1.82, 2.24) is 20.4 Å². The predicted molar refractivity (Wildman–Crippen MR) is 71.9 cm³/mol. The number of rotatable bonds is 5. The van der Waals surface area contributed by atoms with Gasteiger partial charge in [0, 0.05) is 18.8 Å². The van der Waals surface area contributed by atoms with Gasteiger partial charge in [-0.3, -0.25) is 9.48 Å². The maximum Gasteiger partial charge on any atom is 0.328 e. The van der Waals surface area contributed by atoms with Crippen molar-refractivity contribution in [2.75, 3.05) is 14.2 Å². The number of likely N-dealkylation sites (N-methyl/N-ethyl adjacent to an activating group) is 1.